The van der Waals surface area contributed by atoms with Gasteiger partial charge < -0.3 is 38.2 Å². The van der Waals surface area contributed by atoms with Crippen LogP contribution in [-0.2, 0) is 4.57 Å². The molecule has 0 heterocycles. The lowest BCUT2D eigenvalue weighted by molar-refractivity contribution is 0.258. The Hall–Kier alpha value is -3.39. The Morgan fingerprint density at radius 2 is 0.348 bits per heavy atom. The summed E-state index contributed by atoms with van der Waals surface area (Å²) in [6.07, 6.45) is 63.3. The number of benzene rings is 4. The molecule has 0 spiro atoms. The predicted molar refractivity (Wildman–Crippen MR) is 397 cm³/mol. The molecule has 0 aromatic heterocycles. The Bertz CT molecular complexity index is 2390. The van der Waals surface area contributed by atoms with Crippen LogP contribution >= 0.6 is 7.60 Å². The van der Waals surface area contributed by atoms with Crippen molar-refractivity contribution in [1.82, 2.24) is 0 Å². The van der Waals surface area contributed by atoms with Crippen molar-refractivity contribution in [2.24, 2.45) is 0 Å². The van der Waals surface area contributed by atoms with E-state index < -0.39 is 7.60 Å². The highest BCUT2D eigenvalue weighted by Crippen LogP contribution is 2.48. The third-order valence-electron chi connectivity index (χ3n) is 19.0. The first-order valence-corrected chi connectivity index (χ1v) is 41.4. The average Bonchev–Trinajstić information content (AvgIpc) is 0.731. The average molecular weight is 1300 g/mol. The summed E-state index contributed by atoms with van der Waals surface area (Å²) in [5.41, 5.74) is 0. The predicted octanol–water partition coefficient (Wildman–Crippen LogP) is 27.0. The summed E-state index contributed by atoms with van der Waals surface area (Å²) in [4.78, 5) is 18.3. The highest BCUT2D eigenvalue weighted by Gasteiger charge is 2.21. The standard InChI is InChI=1S/C82H141O9P/c1-6-11-16-21-26-37-44-51-58-86-77-65-71-72-66-78(87-59-52-45-38-27-22-17-12-7-2)80(89-61-54-47-40-29-24-19-14-9-4)68-74(72)76-70-82(91-63-56-49-42-35-33-31-32-34-36-43-50-57-64-92(83,84)85)81(90-62-55-48-41-30-25-20-15-10-5)69-75(76)73(71)67-79(77)88-60-53-46-39-28-23-18-13-8-3/h65-70H,6-64H2,1-5H3,(H2,83,84,85). The van der Waals surface area contributed by atoms with Gasteiger partial charge in [0.1, 0.15) is 0 Å². The van der Waals surface area contributed by atoms with E-state index in [1.54, 1.807) is 0 Å². The maximum Gasteiger partial charge on any atom is 0.325 e. The lowest BCUT2D eigenvalue weighted by Gasteiger charge is -2.21. The second kappa shape index (κ2) is 54.7. The lowest BCUT2D eigenvalue weighted by Crippen LogP contribution is -2.05. The zero-order valence-corrected chi connectivity index (χ0v) is 61.3. The number of fused-ring (bicyclic) bond motifs is 6. The van der Waals surface area contributed by atoms with E-state index >= 15 is 0 Å². The van der Waals surface area contributed by atoms with Crippen LogP contribution in [0.1, 0.15) is 369 Å². The topological polar surface area (TPSA) is 113 Å². The number of ether oxygens (including phenoxy) is 6. The van der Waals surface area contributed by atoms with Crippen molar-refractivity contribution in [1.29, 1.82) is 0 Å². The molecule has 0 radical (unpaired) electrons. The van der Waals surface area contributed by atoms with Crippen molar-refractivity contribution in [2.45, 2.75) is 369 Å². The van der Waals surface area contributed by atoms with Crippen molar-refractivity contribution >= 4 is 39.9 Å². The maximum atomic E-state index is 11.2. The minimum Gasteiger partial charge on any atom is -0.490 e. The summed E-state index contributed by atoms with van der Waals surface area (Å²) in [7, 11) is -3.87. The van der Waals surface area contributed by atoms with Crippen molar-refractivity contribution in [3.8, 4) is 34.5 Å². The van der Waals surface area contributed by atoms with Gasteiger partial charge in [0.25, 0.3) is 0 Å². The molecule has 9 nitrogen and oxygen atoms in total. The molecule has 0 fully saturated rings. The normalized spacial score (nSPS) is 11.9. The molecule has 0 unspecified atom stereocenters. The monoisotopic (exact) mass is 1300 g/mol. The number of unbranched alkanes of at least 4 members (excludes halogenated alkanes) is 46. The summed E-state index contributed by atoms with van der Waals surface area (Å²) < 4.78 is 52.7. The molecule has 0 atom stereocenters. The molecule has 4 aromatic carbocycles. The molecule has 0 aliphatic rings. The van der Waals surface area contributed by atoms with E-state index in [4.69, 9.17) is 38.2 Å². The van der Waals surface area contributed by atoms with Gasteiger partial charge in [0.2, 0.25) is 0 Å². The third kappa shape index (κ3) is 37.2. The molecule has 0 aliphatic carbocycles. The van der Waals surface area contributed by atoms with Crippen LogP contribution in [0.2, 0.25) is 0 Å². The summed E-state index contributed by atoms with van der Waals surface area (Å²) in [5, 5.41) is 6.75. The van der Waals surface area contributed by atoms with Gasteiger partial charge in [-0.05, 0) is 114 Å². The van der Waals surface area contributed by atoms with E-state index in [9.17, 15) is 4.57 Å². The Morgan fingerprint density at radius 3 is 0.489 bits per heavy atom. The smallest absolute Gasteiger partial charge is 0.325 e. The Balaban J connectivity index is 1.75. The molecule has 0 saturated carbocycles. The highest BCUT2D eigenvalue weighted by molar-refractivity contribution is 7.51. The summed E-state index contributed by atoms with van der Waals surface area (Å²) >= 11 is 0. The molecular formula is C82H141O9P. The summed E-state index contributed by atoms with van der Waals surface area (Å²) in [5.74, 6) is 4.93. The van der Waals surface area contributed by atoms with Gasteiger partial charge in [-0.15, -0.1) is 0 Å². The fourth-order valence-electron chi connectivity index (χ4n) is 13.2. The fourth-order valence-corrected chi connectivity index (χ4v) is 13.8. The first kappa shape index (κ1) is 81.0. The largest absolute Gasteiger partial charge is 0.490 e. The molecule has 2 N–H and O–H groups in total. The molecular weight excluding hydrogens is 1160 g/mol. The number of rotatable bonds is 66. The second-order valence-corrected chi connectivity index (χ2v) is 29.4. The Labute approximate surface area is 565 Å². The third-order valence-corrected chi connectivity index (χ3v) is 19.9. The van der Waals surface area contributed by atoms with E-state index in [1.165, 1.54) is 257 Å². The van der Waals surface area contributed by atoms with Crippen LogP contribution in [0.15, 0.2) is 36.4 Å². The van der Waals surface area contributed by atoms with Gasteiger partial charge in [-0.3, -0.25) is 4.57 Å². The fraction of sp³-hybridized carbons (Fsp3) is 0.780. The minimum atomic E-state index is -3.87. The molecule has 0 aliphatic heterocycles. The van der Waals surface area contributed by atoms with Crippen LogP contribution < -0.4 is 28.4 Å². The Kier molecular flexibility index (Phi) is 48.2. The van der Waals surface area contributed by atoms with Gasteiger partial charge in [-0.2, -0.15) is 0 Å². The van der Waals surface area contributed by atoms with E-state index in [1.807, 2.05) is 0 Å². The van der Waals surface area contributed by atoms with Crippen molar-refractivity contribution in [3.05, 3.63) is 36.4 Å². The lowest BCUT2D eigenvalue weighted by atomic mass is 9.93. The molecule has 4 rings (SSSR count). The van der Waals surface area contributed by atoms with Crippen LogP contribution in [0.4, 0.5) is 0 Å². The molecule has 0 bridgehead atoms. The number of hydrogen-bond acceptors (Lipinski definition) is 7. The van der Waals surface area contributed by atoms with E-state index in [-0.39, 0.29) is 6.16 Å². The summed E-state index contributed by atoms with van der Waals surface area (Å²) in [6.45, 7) is 15.4. The van der Waals surface area contributed by atoms with Crippen LogP contribution in [0.3, 0.4) is 0 Å². The van der Waals surface area contributed by atoms with Gasteiger partial charge in [-0.25, -0.2) is 0 Å². The van der Waals surface area contributed by atoms with Crippen LogP contribution in [-0.4, -0.2) is 55.6 Å². The van der Waals surface area contributed by atoms with E-state index in [2.05, 4.69) is 71.0 Å². The second-order valence-electron chi connectivity index (χ2n) is 27.6. The molecule has 0 saturated heterocycles. The van der Waals surface area contributed by atoms with Gasteiger partial charge in [0, 0.05) is 6.16 Å². The first-order valence-electron chi connectivity index (χ1n) is 39.6. The van der Waals surface area contributed by atoms with Crippen LogP contribution in [0, 0.1) is 0 Å². The van der Waals surface area contributed by atoms with Gasteiger partial charge >= 0.3 is 7.60 Å². The molecule has 0 amide bonds. The van der Waals surface area contributed by atoms with Crippen LogP contribution in [0.25, 0.3) is 32.3 Å². The maximum absolute atomic E-state index is 11.2. The highest BCUT2D eigenvalue weighted by atomic mass is 31.2. The minimum absolute atomic E-state index is 0.0167. The molecule has 10 heteroatoms. The SMILES string of the molecule is CCCCCCCCCCOc1cc2c3cc(OCCCCCCCCCC)c(OCCCCCCCCCC)cc3c3cc(OCCCCCCCCCCCCCCP(=O)(O)O)c(OCCCCCCCCCC)cc3c2cc1OCCCCCCCCCC. The quantitative estimate of drug-likeness (QED) is 0.0253. The number of hydrogen-bond donors (Lipinski definition) is 2. The van der Waals surface area contributed by atoms with Crippen molar-refractivity contribution in [2.75, 3.05) is 45.8 Å². The summed E-state index contributed by atoms with van der Waals surface area (Å²) in [6, 6.07) is 13.7. The first-order chi connectivity index (χ1) is 45.2. The zero-order chi connectivity index (χ0) is 65.6. The van der Waals surface area contributed by atoms with Crippen molar-refractivity contribution in [3.63, 3.8) is 0 Å². The molecule has 92 heavy (non-hydrogen) atoms. The van der Waals surface area contributed by atoms with E-state index in [0.717, 1.165) is 137 Å². The van der Waals surface area contributed by atoms with Gasteiger partial charge in [0.15, 0.2) is 34.5 Å². The molecule has 528 valence electrons. The molecule has 4 aromatic rings. The van der Waals surface area contributed by atoms with E-state index in [0.29, 0.717) is 46.1 Å². The van der Waals surface area contributed by atoms with Crippen molar-refractivity contribution < 1.29 is 42.8 Å². The zero-order valence-electron chi connectivity index (χ0n) is 60.4. The Morgan fingerprint density at radius 1 is 0.217 bits per heavy atom. The van der Waals surface area contributed by atoms with Gasteiger partial charge in [0.05, 0.1) is 39.6 Å². The van der Waals surface area contributed by atoms with Crippen LogP contribution in [0.5, 0.6) is 34.5 Å². The van der Waals surface area contributed by atoms with Gasteiger partial charge in [-0.1, -0.05) is 324 Å².